The molecule has 96 valence electrons. The van der Waals surface area contributed by atoms with E-state index in [-0.39, 0.29) is 0 Å². The predicted octanol–water partition coefficient (Wildman–Crippen LogP) is 5.48. The summed E-state index contributed by atoms with van der Waals surface area (Å²) in [6, 6.07) is 0. The van der Waals surface area contributed by atoms with Gasteiger partial charge >= 0.3 is 92.4 Å². The van der Waals surface area contributed by atoms with Crippen LogP contribution in [-0.2, 0) is 0 Å². The fourth-order valence-electron chi connectivity index (χ4n) is 1.91. The van der Waals surface area contributed by atoms with Crippen LogP contribution in [0.4, 0.5) is 0 Å². The molecule has 0 bridgehead atoms. The van der Waals surface area contributed by atoms with Gasteiger partial charge in [0.25, 0.3) is 0 Å². The zero-order valence-corrected chi connectivity index (χ0v) is 14.6. The van der Waals surface area contributed by atoms with E-state index in [0.29, 0.717) is 0 Å². The average molecular weight is 333 g/mol. The number of hydrogen-bond donors (Lipinski definition) is 0. The van der Waals surface area contributed by atoms with Crippen molar-refractivity contribution in [3.05, 3.63) is 16.0 Å². The van der Waals surface area contributed by atoms with Crippen molar-refractivity contribution in [1.29, 1.82) is 0 Å². The molecule has 0 atom stereocenters. The van der Waals surface area contributed by atoms with E-state index in [2.05, 4.69) is 20.8 Å². The molecule has 0 unspecified atom stereocenters. The number of unbranched alkanes of at least 4 members (excludes halogenated alkanes) is 3. The summed E-state index contributed by atoms with van der Waals surface area (Å²) in [7, 11) is 0. The first-order valence-corrected chi connectivity index (χ1v) is 13.7. The van der Waals surface area contributed by atoms with Gasteiger partial charge in [0, 0.05) is 0 Å². The monoisotopic (exact) mass is 334 g/mol. The van der Waals surface area contributed by atoms with Crippen molar-refractivity contribution in [2.45, 2.75) is 72.6 Å². The summed E-state index contributed by atoms with van der Waals surface area (Å²) >= 11 is -0.967. The fraction of sp³-hybridized carbons (Fsp3) is 1.00. The number of hydrogen-bond acceptors (Lipinski definition) is 0. The largest absolute Gasteiger partial charge is 0.373 e. The Balaban J connectivity index is 0. The standard InChI is InChI=1S/3C4H9.N3.Sn.H/c3*1-3-4-2;1-3-2;;/h3*1,3-4H2,2H3;;;/q;;;-1;;. The van der Waals surface area contributed by atoms with Crippen LogP contribution in [0.1, 0.15) is 59.3 Å². The minimum atomic E-state index is -0.967. The van der Waals surface area contributed by atoms with Crippen LogP contribution in [0.25, 0.3) is 16.0 Å². The van der Waals surface area contributed by atoms with Gasteiger partial charge in [0.05, 0.1) is 0 Å². The Morgan fingerprint density at radius 1 is 0.750 bits per heavy atom. The molecule has 0 saturated heterocycles. The van der Waals surface area contributed by atoms with Crippen LogP contribution in [0.15, 0.2) is 0 Å². The third kappa shape index (κ3) is 16.5. The smallest absolute Gasteiger partial charge is 0.255 e. The maximum absolute atomic E-state index is 6.75. The molecule has 0 saturated carbocycles. The van der Waals surface area contributed by atoms with Crippen molar-refractivity contribution in [3.63, 3.8) is 0 Å². The molecule has 16 heavy (non-hydrogen) atoms. The maximum Gasteiger partial charge on any atom is -0.255 e. The second-order valence-corrected chi connectivity index (χ2v) is 14.3. The minimum absolute atomic E-state index is 0.967. The molecule has 0 rings (SSSR count). The molecule has 0 aliphatic rings. The van der Waals surface area contributed by atoms with Crippen molar-refractivity contribution in [2.24, 2.45) is 0 Å². The van der Waals surface area contributed by atoms with Crippen LogP contribution >= 0.6 is 0 Å². The molecular weight excluding hydrogens is 305 g/mol. The van der Waals surface area contributed by atoms with Gasteiger partial charge in [-0.05, 0) is 0 Å². The van der Waals surface area contributed by atoms with Gasteiger partial charge in [0.15, 0.2) is 0 Å². The van der Waals surface area contributed by atoms with Crippen molar-refractivity contribution >= 4 is 19.8 Å². The van der Waals surface area contributed by atoms with Gasteiger partial charge in [0.1, 0.15) is 0 Å². The van der Waals surface area contributed by atoms with Gasteiger partial charge < -0.3 is 11.1 Å². The molecule has 0 fully saturated rings. The van der Waals surface area contributed by atoms with E-state index in [1.165, 1.54) is 43.4 Å². The molecule has 0 N–H and O–H groups in total. The van der Waals surface area contributed by atoms with E-state index in [1.54, 1.807) is 13.3 Å². The minimum Gasteiger partial charge on any atom is -0.373 e. The van der Waals surface area contributed by atoms with Gasteiger partial charge in [-0.15, -0.1) is 0 Å². The Labute approximate surface area is 108 Å². The number of nitrogens with zero attached hydrogens (tertiary/aromatic N) is 3. The van der Waals surface area contributed by atoms with Gasteiger partial charge in [-0.2, -0.15) is 0 Å². The Morgan fingerprint density at radius 3 is 1.19 bits per heavy atom. The Kier molecular flexibility index (Phi) is 20.2. The number of rotatable bonds is 9. The molecule has 0 aromatic heterocycles. The second-order valence-electron chi connectivity index (χ2n) is 4.38. The van der Waals surface area contributed by atoms with E-state index in [1.807, 2.05) is 0 Å². The molecule has 0 radical (unpaired) electrons. The van der Waals surface area contributed by atoms with Gasteiger partial charge in [0.2, 0.25) is 0 Å². The van der Waals surface area contributed by atoms with Gasteiger partial charge in [-0.25, -0.2) is 0 Å². The maximum atomic E-state index is 6.75. The first-order chi connectivity index (χ1) is 7.76. The van der Waals surface area contributed by atoms with Gasteiger partial charge in [-0.1, -0.05) is 0 Å². The third-order valence-corrected chi connectivity index (χ3v) is 13.4. The summed E-state index contributed by atoms with van der Waals surface area (Å²) in [4.78, 5) is 1.50. The van der Waals surface area contributed by atoms with Crippen LogP contribution in [0.3, 0.4) is 0 Å². The summed E-state index contributed by atoms with van der Waals surface area (Å²) in [6.07, 6.45) is 8.87. The average Bonchev–Trinajstić information content (AvgIpc) is 2.29. The Bertz CT molecular complexity index is 137. The van der Waals surface area contributed by atoms with E-state index >= 15 is 0 Å². The van der Waals surface area contributed by atoms with Crippen molar-refractivity contribution in [2.75, 3.05) is 0 Å². The SMILES string of the molecule is CCC[CH2][SnH]([CH2]CCC)[CH2]CCC.[N-]=[N+]=[N-]. The zero-order valence-electron chi connectivity index (χ0n) is 11.3. The van der Waals surface area contributed by atoms with Crippen LogP contribution in [-0.4, -0.2) is 19.8 Å². The summed E-state index contributed by atoms with van der Waals surface area (Å²) in [5, 5.41) is 0. The molecule has 4 heteroatoms. The molecule has 0 aliphatic heterocycles. The Hall–Kier alpha value is 0.109. The first kappa shape index (κ1) is 18.5. The first-order valence-electron chi connectivity index (χ1n) is 6.75. The summed E-state index contributed by atoms with van der Waals surface area (Å²) in [6.45, 7) is 7.01. The third-order valence-electron chi connectivity index (χ3n) is 2.90. The molecule has 0 heterocycles. The Morgan fingerprint density at radius 2 is 1.00 bits per heavy atom. The molecule has 0 aliphatic carbocycles. The van der Waals surface area contributed by atoms with Crippen molar-refractivity contribution in [1.82, 2.24) is 0 Å². The normalized spacial score (nSPS) is 9.50. The van der Waals surface area contributed by atoms with Gasteiger partial charge in [-0.3, -0.25) is 4.91 Å². The van der Waals surface area contributed by atoms with Crippen LogP contribution in [0.2, 0.25) is 13.3 Å². The van der Waals surface area contributed by atoms with E-state index in [4.69, 9.17) is 11.1 Å². The fourth-order valence-corrected chi connectivity index (χ4v) is 12.8. The van der Waals surface area contributed by atoms with Crippen LogP contribution in [0, 0.1) is 0 Å². The summed E-state index contributed by atoms with van der Waals surface area (Å²) in [5.74, 6) is 0. The van der Waals surface area contributed by atoms with E-state index in [9.17, 15) is 0 Å². The molecule has 0 amide bonds. The molecule has 0 spiro atoms. The molecular formula is C12H28N3Sn-. The van der Waals surface area contributed by atoms with Crippen LogP contribution in [0.5, 0.6) is 0 Å². The van der Waals surface area contributed by atoms with E-state index in [0.717, 1.165) is 0 Å². The zero-order chi connectivity index (χ0) is 12.6. The molecule has 3 nitrogen and oxygen atoms in total. The second kappa shape index (κ2) is 17.5. The quantitative estimate of drug-likeness (QED) is 0.232. The van der Waals surface area contributed by atoms with E-state index < -0.39 is 19.8 Å². The van der Waals surface area contributed by atoms with Crippen molar-refractivity contribution in [3.8, 4) is 0 Å². The summed E-state index contributed by atoms with van der Waals surface area (Å²) < 4.78 is 5.08. The molecule has 0 aromatic rings. The predicted molar refractivity (Wildman–Crippen MR) is 76.4 cm³/mol. The molecule has 0 aromatic carbocycles. The van der Waals surface area contributed by atoms with Crippen LogP contribution < -0.4 is 0 Å². The summed E-state index contributed by atoms with van der Waals surface area (Å²) in [5.41, 5.74) is 13.5. The topological polar surface area (TPSA) is 58.7 Å². The van der Waals surface area contributed by atoms with Crippen molar-refractivity contribution < 1.29 is 0 Å².